The van der Waals surface area contributed by atoms with Crippen molar-refractivity contribution in [2.75, 3.05) is 43.1 Å². The molecule has 0 bridgehead atoms. The Hall–Kier alpha value is -3.00. The van der Waals surface area contributed by atoms with E-state index in [9.17, 15) is 9.59 Å². The first-order valence-electron chi connectivity index (χ1n) is 9.32. The Kier molecular flexibility index (Phi) is 5.44. The Morgan fingerprint density at radius 2 is 1.59 bits per heavy atom. The molecule has 7 nitrogen and oxygen atoms in total. The summed E-state index contributed by atoms with van der Waals surface area (Å²) in [6.07, 6.45) is 0. The molecule has 2 aromatic carbocycles. The van der Waals surface area contributed by atoms with E-state index in [1.807, 2.05) is 29.2 Å². The number of halogens is 1. The van der Waals surface area contributed by atoms with Gasteiger partial charge in [-0.2, -0.15) is 0 Å². The molecule has 1 aliphatic heterocycles. The van der Waals surface area contributed by atoms with Crippen molar-refractivity contribution in [3.8, 4) is 11.4 Å². The highest BCUT2D eigenvalue weighted by Gasteiger charge is 2.21. The maximum absolute atomic E-state index is 12.6. The molecular formula is C21H21BrN4O3. The van der Waals surface area contributed by atoms with Gasteiger partial charge in [0.1, 0.15) is 11.6 Å². The summed E-state index contributed by atoms with van der Waals surface area (Å²) < 4.78 is 7.48. The quantitative estimate of drug-likeness (QED) is 0.653. The highest BCUT2D eigenvalue weighted by molar-refractivity contribution is 9.10. The number of ether oxygens (including phenoxy) is 1. The SMILES string of the molecule is COc1ccccc1N1CCN(c2cc(=O)n(-c3ccc(Br)cc3)c(=O)[nH]2)CC1. The van der Waals surface area contributed by atoms with Crippen LogP contribution in [0.25, 0.3) is 5.69 Å². The largest absolute Gasteiger partial charge is 0.495 e. The molecule has 0 amide bonds. The third kappa shape index (κ3) is 3.93. The average Bonchev–Trinajstić information content (AvgIpc) is 2.74. The Labute approximate surface area is 176 Å². The number of aromatic amines is 1. The van der Waals surface area contributed by atoms with E-state index in [0.29, 0.717) is 24.6 Å². The number of para-hydroxylation sites is 2. The van der Waals surface area contributed by atoms with Crippen molar-refractivity contribution < 1.29 is 4.74 Å². The molecule has 4 rings (SSSR count). The fourth-order valence-electron chi connectivity index (χ4n) is 3.57. The second kappa shape index (κ2) is 8.16. The average molecular weight is 457 g/mol. The maximum atomic E-state index is 12.6. The summed E-state index contributed by atoms with van der Waals surface area (Å²) in [5.41, 5.74) is 0.793. The number of rotatable bonds is 4. The molecule has 150 valence electrons. The van der Waals surface area contributed by atoms with Crippen molar-refractivity contribution >= 4 is 27.4 Å². The van der Waals surface area contributed by atoms with E-state index in [4.69, 9.17) is 4.74 Å². The molecule has 0 saturated carbocycles. The van der Waals surface area contributed by atoms with Crippen LogP contribution in [0.1, 0.15) is 0 Å². The lowest BCUT2D eigenvalue weighted by Crippen LogP contribution is -2.48. The highest BCUT2D eigenvalue weighted by Crippen LogP contribution is 2.28. The summed E-state index contributed by atoms with van der Waals surface area (Å²) >= 11 is 3.36. The summed E-state index contributed by atoms with van der Waals surface area (Å²) in [5.74, 6) is 1.39. The van der Waals surface area contributed by atoms with Crippen molar-refractivity contribution in [2.24, 2.45) is 0 Å². The normalized spacial score (nSPS) is 14.1. The minimum Gasteiger partial charge on any atom is -0.495 e. The standard InChI is InChI=1S/C21H21BrN4O3/c1-29-18-5-3-2-4-17(18)24-10-12-25(13-11-24)19-14-20(27)26(21(28)23-19)16-8-6-15(22)7-9-16/h2-9,14H,10-13H2,1H3,(H,23,28). The van der Waals surface area contributed by atoms with Crippen LogP contribution in [-0.2, 0) is 0 Å². The number of nitrogens with one attached hydrogen (secondary N) is 1. The number of hydrogen-bond acceptors (Lipinski definition) is 5. The first-order valence-corrected chi connectivity index (χ1v) is 10.1. The molecule has 1 fully saturated rings. The molecule has 0 unspecified atom stereocenters. The van der Waals surface area contributed by atoms with Crippen LogP contribution in [0.3, 0.4) is 0 Å². The smallest absolute Gasteiger partial charge is 0.334 e. The van der Waals surface area contributed by atoms with Gasteiger partial charge in [0, 0.05) is 36.7 Å². The monoisotopic (exact) mass is 456 g/mol. The van der Waals surface area contributed by atoms with E-state index < -0.39 is 5.69 Å². The number of H-pyrrole nitrogens is 1. The van der Waals surface area contributed by atoms with Crippen LogP contribution in [0.4, 0.5) is 11.5 Å². The zero-order valence-corrected chi connectivity index (χ0v) is 17.6. The Morgan fingerprint density at radius 3 is 2.24 bits per heavy atom. The first-order chi connectivity index (χ1) is 14.1. The fraction of sp³-hybridized carbons (Fsp3) is 0.238. The van der Waals surface area contributed by atoms with Crippen LogP contribution in [0.15, 0.2) is 68.7 Å². The second-order valence-electron chi connectivity index (χ2n) is 6.76. The van der Waals surface area contributed by atoms with Gasteiger partial charge in [-0.05, 0) is 36.4 Å². The predicted octanol–water partition coefficient (Wildman–Crippen LogP) is 2.62. The summed E-state index contributed by atoms with van der Waals surface area (Å²) in [4.78, 5) is 32.4. The minimum absolute atomic E-state index is 0.349. The van der Waals surface area contributed by atoms with Gasteiger partial charge in [-0.3, -0.25) is 9.78 Å². The number of methoxy groups -OCH3 is 1. The molecule has 29 heavy (non-hydrogen) atoms. The number of benzene rings is 2. The van der Waals surface area contributed by atoms with E-state index >= 15 is 0 Å². The van der Waals surface area contributed by atoms with Gasteiger partial charge in [0.15, 0.2) is 0 Å². The minimum atomic E-state index is -0.443. The molecular weight excluding hydrogens is 436 g/mol. The van der Waals surface area contributed by atoms with Gasteiger partial charge in [-0.15, -0.1) is 0 Å². The van der Waals surface area contributed by atoms with E-state index in [0.717, 1.165) is 33.6 Å². The molecule has 0 aliphatic carbocycles. The topological polar surface area (TPSA) is 70.6 Å². The van der Waals surface area contributed by atoms with Crippen molar-refractivity contribution in [2.45, 2.75) is 0 Å². The molecule has 1 aromatic heterocycles. The third-order valence-corrected chi connectivity index (χ3v) is 5.58. The molecule has 0 spiro atoms. The van der Waals surface area contributed by atoms with Gasteiger partial charge in [0.25, 0.3) is 5.56 Å². The predicted molar refractivity (Wildman–Crippen MR) is 118 cm³/mol. The molecule has 1 saturated heterocycles. The van der Waals surface area contributed by atoms with E-state index in [1.54, 1.807) is 31.4 Å². The maximum Gasteiger partial charge on any atom is 0.334 e. The first kappa shape index (κ1) is 19.3. The zero-order chi connectivity index (χ0) is 20.4. The van der Waals surface area contributed by atoms with Gasteiger partial charge in [-0.1, -0.05) is 28.1 Å². The molecule has 8 heteroatoms. The lowest BCUT2D eigenvalue weighted by Gasteiger charge is -2.37. The van der Waals surface area contributed by atoms with Gasteiger partial charge in [-0.25, -0.2) is 9.36 Å². The van der Waals surface area contributed by atoms with Crippen LogP contribution < -0.4 is 25.8 Å². The summed E-state index contributed by atoms with van der Waals surface area (Å²) in [6, 6.07) is 16.5. The molecule has 0 radical (unpaired) electrons. The lowest BCUT2D eigenvalue weighted by atomic mass is 10.2. The van der Waals surface area contributed by atoms with Crippen LogP contribution in [-0.4, -0.2) is 42.8 Å². The van der Waals surface area contributed by atoms with Gasteiger partial charge in [0.2, 0.25) is 0 Å². The molecule has 1 N–H and O–H groups in total. The van der Waals surface area contributed by atoms with Gasteiger partial charge >= 0.3 is 5.69 Å². The Morgan fingerprint density at radius 1 is 0.931 bits per heavy atom. The number of piperazine rings is 1. The van der Waals surface area contributed by atoms with E-state index in [2.05, 4.69) is 25.8 Å². The van der Waals surface area contributed by atoms with Crippen LogP contribution >= 0.6 is 15.9 Å². The van der Waals surface area contributed by atoms with Gasteiger partial charge in [0.05, 0.1) is 18.5 Å². The van der Waals surface area contributed by atoms with Crippen molar-refractivity contribution in [3.05, 3.63) is 79.9 Å². The molecule has 0 atom stereocenters. The Balaban J connectivity index is 1.54. The van der Waals surface area contributed by atoms with Crippen molar-refractivity contribution in [1.82, 2.24) is 9.55 Å². The van der Waals surface area contributed by atoms with E-state index in [-0.39, 0.29) is 5.56 Å². The van der Waals surface area contributed by atoms with Crippen molar-refractivity contribution in [1.29, 1.82) is 0 Å². The molecule has 3 aromatic rings. The number of hydrogen-bond donors (Lipinski definition) is 1. The summed E-state index contributed by atoms with van der Waals surface area (Å²) in [6.45, 7) is 2.90. The lowest BCUT2D eigenvalue weighted by molar-refractivity contribution is 0.413. The number of aromatic nitrogens is 2. The molecule has 1 aliphatic rings. The number of nitrogens with zero attached hydrogens (tertiary/aromatic N) is 3. The van der Waals surface area contributed by atoms with E-state index in [1.165, 1.54) is 6.07 Å². The zero-order valence-electron chi connectivity index (χ0n) is 16.0. The van der Waals surface area contributed by atoms with Crippen LogP contribution in [0, 0.1) is 0 Å². The second-order valence-corrected chi connectivity index (χ2v) is 7.67. The summed E-state index contributed by atoms with van der Waals surface area (Å²) in [7, 11) is 1.67. The highest BCUT2D eigenvalue weighted by atomic mass is 79.9. The van der Waals surface area contributed by atoms with Crippen LogP contribution in [0.2, 0.25) is 0 Å². The fourth-order valence-corrected chi connectivity index (χ4v) is 3.83. The molecule has 2 heterocycles. The van der Waals surface area contributed by atoms with Gasteiger partial charge < -0.3 is 14.5 Å². The number of anilines is 2. The Bertz CT molecular complexity index is 1080. The van der Waals surface area contributed by atoms with Crippen molar-refractivity contribution in [3.63, 3.8) is 0 Å². The van der Waals surface area contributed by atoms with Crippen LogP contribution in [0.5, 0.6) is 5.75 Å². The third-order valence-electron chi connectivity index (χ3n) is 5.05. The summed E-state index contributed by atoms with van der Waals surface area (Å²) in [5, 5.41) is 0.